The Morgan fingerprint density at radius 1 is 0.963 bits per heavy atom. The number of anilines is 1. The van der Waals surface area contributed by atoms with Gasteiger partial charge in [-0.2, -0.15) is 13.2 Å². The third kappa shape index (κ3) is 4.93. The van der Waals surface area contributed by atoms with Crippen molar-refractivity contribution in [2.24, 2.45) is 0 Å². The number of nitrogens with zero attached hydrogens (tertiary/aromatic N) is 2. The van der Waals surface area contributed by atoms with E-state index in [2.05, 4.69) is 20.6 Å². The van der Waals surface area contributed by atoms with Crippen LogP contribution in [-0.2, 0) is 17.4 Å². The maximum atomic E-state index is 13.0. The van der Waals surface area contributed by atoms with E-state index in [9.17, 15) is 18.0 Å². The molecular weight excluding hydrogens is 357 g/mol. The van der Waals surface area contributed by atoms with Gasteiger partial charge >= 0.3 is 6.18 Å². The van der Waals surface area contributed by atoms with E-state index in [0.717, 1.165) is 5.56 Å². The summed E-state index contributed by atoms with van der Waals surface area (Å²) in [5, 5.41) is 5.83. The predicted octanol–water partition coefficient (Wildman–Crippen LogP) is 3.42. The Morgan fingerprint density at radius 2 is 1.67 bits per heavy atom. The number of benzene rings is 2. The number of nitrogens with one attached hydrogen (secondary N) is 2. The molecule has 140 valence electrons. The highest BCUT2D eigenvalue weighted by atomic mass is 19.4. The Bertz CT molecular complexity index is 929. The zero-order valence-corrected chi connectivity index (χ0v) is 14.3. The molecule has 0 aliphatic carbocycles. The van der Waals surface area contributed by atoms with E-state index in [1.807, 2.05) is 30.3 Å². The molecule has 2 aromatic carbocycles. The molecule has 5 nitrogen and oxygen atoms in total. The van der Waals surface area contributed by atoms with Gasteiger partial charge in [0.05, 0.1) is 12.1 Å². The van der Waals surface area contributed by atoms with Gasteiger partial charge < -0.3 is 10.6 Å². The Balaban J connectivity index is 1.64. The van der Waals surface area contributed by atoms with E-state index in [1.165, 1.54) is 6.07 Å². The molecular formula is C19H17F3N4O. The van der Waals surface area contributed by atoms with Gasteiger partial charge in [0.2, 0.25) is 11.7 Å². The predicted molar refractivity (Wildman–Crippen MR) is 96.2 cm³/mol. The number of hydrogen-bond acceptors (Lipinski definition) is 4. The molecule has 2 N–H and O–H groups in total. The van der Waals surface area contributed by atoms with Gasteiger partial charge in [0, 0.05) is 11.9 Å². The molecule has 1 aromatic heterocycles. The van der Waals surface area contributed by atoms with Crippen molar-refractivity contribution in [3.63, 3.8) is 0 Å². The monoisotopic (exact) mass is 374 g/mol. The summed E-state index contributed by atoms with van der Waals surface area (Å²) in [7, 11) is 0. The molecule has 1 heterocycles. The van der Waals surface area contributed by atoms with Gasteiger partial charge in [-0.3, -0.25) is 4.79 Å². The molecule has 0 unspecified atom stereocenters. The second-order valence-electron chi connectivity index (χ2n) is 5.85. The van der Waals surface area contributed by atoms with E-state index in [-0.39, 0.29) is 23.8 Å². The van der Waals surface area contributed by atoms with Crippen molar-refractivity contribution < 1.29 is 18.0 Å². The fourth-order valence-electron chi connectivity index (χ4n) is 2.56. The largest absolute Gasteiger partial charge is 0.451 e. The topological polar surface area (TPSA) is 66.9 Å². The van der Waals surface area contributed by atoms with Crippen LogP contribution >= 0.6 is 0 Å². The normalized spacial score (nSPS) is 11.4. The van der Waals surface area contributed by atoms with Crippen LogP contribution in [0.5, 0.6) is 0 Å². The summed E-state index contributed by atoms with van der Waals surface area (Å²) in [5.74, 6) is -1.60. The third-order valence-corrected chi connectivity index (χ3v) is 3.85. The van der Waals surface area contributed by atoms with E-state index in [1.54, 1.807) is 18.2 Å². The molecule has 0 aliphatic rings. The van der Waals surface area contributed by atoms with Crippen LogP contribution in [0, 0.1) is 0 Å². The van der Waals surface area contributed by atoms with Crippen molar-refractivity contribution in [1.29, 1.82) is 0 Å². The van der Waals surface area contributed by atoms with Crippen LogP contribution in [0.1, 0.15) is 11.4 Å². The average Bonchev–Trinajstić information content (AvgIpc) is 2.66. The molecule has 0 spiro atoms. The Labute approximate surface area is 153 Å². The van der Waals surface area contributed by atoms with Gasteiger partial charge in [-0.25, -0.2) is 9.97 Å². The number of hydrogen-bond donors (Lipinski definition) is 2. The first kappa shape index (κ1) is 18.6. The zero-order chi connectivity index (χ0) is 19.3. The second kappa shape index (κ2) is 8.03. The second-order valence-corrected chi connectivity index (χ2v) is 5.85. The lowest BCUT2D eigenvalue weighted by Crippen LogP contribution is -2.31. The molecule has 0 aliphatic heterocycles. The van der Waals surface area contributed by atoms with Crippen LogP contribution in [-0.4, -0.2) is 29.0 Å². The first-order valence-electron chi connectivity index (χ1n) is 8.32. The fraction of sp³-hybridized carbons (Fsp3) is 0.211. The maximum Gasteiger partial charge on any atom is 0.451 e. The molecule has 0 bridgehead atoms. The average molecular weight is 374 g/mol. The first-order valence-corrected chi connectivity index (χ1v) is 8.32. The van der Waals surface area contributed by atoms with Crippen LogP contribution in [0.4, 0.5) is 19.0 Å². The minimum atomic E-state index is -4.67. The zero-order valence-electron chi connectivity index (χ0n) is 14.3. The summed E-state index contributed by atoms with van der Waals surface area (Å²) < 4.78 is 39.0. The summed E-state index contributed by atoms with van der Waals surface area (Å²) >= 11 is 0. The van der Waals surface area contributed by atoms with E-state index >= 15 is 0 Å². The minimum absolute atomic E-state index is 0.0221. The van der Waals surface area contributed by atoms with E-state index in [0.29, 0.717) is 18.4 Å². The lowest BCUT2D eigenvalue weighted by Gasteiger charge is -2.12. The standard InChI is InChI=1S/C19H17F3N4O/c20-19(21,22)18-25-15-9-5-4-8-14(15)17(26-18)24-12-16(27)23-11-10-13-6-2-1-3-7-13/h1-9H,10-12H2,(H,23,27)(H,24,25,26). The third-order valence-electron chi connectivity index (χ3n) is 3.85. The molecule has 3 rings (SSSR count). The van der Waals surface area contributed by atoms with Crippen LogP contribution in [0.2, 0.25) is 0 Å². The lowest BCUT2D eigenvalue weighted by molar-refractivity contribution is -0.144. The summed E-state index contributed by atoms with van der Waals surface area (Å²) in [6.45, 7) is 0.246. The van der Waals surface area contributed by atoms with Crippen LogP contribution in [0.15, 0.2) is 54.6 Å². The van der Waals surface area contributed by atoms with Crippen molar-refractivity contribution in [2.45, 2.75) is 12.6 Å². The molecule has 0 fully saturated rings. The van der Waals surface area contributed by atoms with Gasteiger partial charge in [-0.1, -0.05) is 42.5 Å². The van der Waals surface area contributed by atoms with Crippen LogP contribution in [0.25, 0.3) is 10.9 Å². The lowest BCUT2D eigenvalue weighted by atomic mass is 10.1. The number of amides is 1. The summed E-state index contributed by atoms with van der Waals surface area (Å²) in [5.41, 5.74) is 1.24. The van der Waals surface area contributed by atoms with Gasteiger partial charge in [-0.05, 0) is 24.1 Å². The Kier molecular flexibility index (Phi) is 5.54. The maximum absolute atomic E-state index is 13.0. The highest BCUT2D eigenvalue weighted by Gasteiger charge is 2.35. The number of carbonyl (C=O) groups excluding carboxylic acids is 1. The summed E-state index contributed by atoms with van der Waals surface area (Å²) in [4.78, 5) is 19.1. The highest BCUT2D eigenvalue weighted by molar-refractivity contribution is 5.91. The molecule has 3 aromatic rings. The smallest absolute Gasteiger partial charge is 0.360 e. The van der Waals surface area contributed by atoms with Crippen LogP contribution in [0.3, 0.4) is 0 Å². The minimum Gasteiger partial charge on any atom is -0.360 e. The van der Waals surface area contributed by atoms with Gasteiger partial charge in [-0.15, -0.1) is 0 Å². The quantitative estimate of drug-likeness (QED) is 0.694. The highest BCUT2D eigenvalue weighted by Crippen LogP contribution is 2.30. The molecule has 1 amide bonds. The number of para-hydroxylation sites is 1. The van der Waals surface area contributed by atoms with Crippen molar-refractivity contribution >= 4 is 22.6 Å². The van der Waals surface area contributed by atoms with Crippen molar-refractivity contribution in [1.82, 2.24) is 15.3 Å². The number of aromatic nitrogens is 2. The molecule has 0 saturated heterocycles. The first-order chi connectivity index (χ1) is 12.9. The number of halogens is 3. The Morgan fingerprint density at radius 3 is 2.41 bits per heavy atom. The van der Waals surface area contributed by atoms with Crippen molar-refractivity contribution in [3.8, 4) is 0 Å². The number of alkyl halides is 3. The summed E-state index contributed by atoms with van der Waals surface area (Å²) in [6.07, 6.45) is -4.00. The summed E-state index contributed by atoms with van der Waals surface area (Å²) in [6, 6.07) is 16.0. The molecule has 0 saturated carbocycles. The van der Waals surface area contributed by atoms with Gasteiger partial charge in [0.25, 0.3) is 0 Å². The Hall–Kier alpha value is -3.16. The van der Waals surface area contributed by atoms with Gasteiger partial charge in [0.15, 0.2) is 0 Å². The fourth-order valence-corrected chi connectivity index (χ4v) is 2.56. The number of fused-ring (bicyclic) bond motifs is 1. The molecule has 0 radical (unpaired) electrons. The van der Waals surface area contributed by atoms with E-state index < -0.39 is 12.0 Å². The molecule has 0 atom stereocenters. The molecule has 8 heteroatoms. The van der Waals surface area contributed by atoms with Crippen LogP contribution < -0.4 is 10.6 Å². The van der Waals surface area contributed by atoms with E-state index in [4.69, 9.17) is 0 Å². The number of rotatable bonds is 6. The molecule has 27 heavy (non-hydrogen) atoms. The SMILES string of the molecule is O=C(CNc1nc(C(F)(F)F)nc2ccccc12)NCCc1ccccc1. The van der Waals surface area contributed by atoms with Crippen molar-refractivity contribution in [2.75, 3.05) is 18.4 Å². The van der Waals surface area contributed by atoms with Gasteiger partial charge in [0.1, 0.15) is 5.82 Å². The number of carbonyl (C=O) groups is 1. The van der Waals surface area contributed by atoms with Crippen molar-refractivity contribution in [3.05, 3.63) is 66.0 Å².